The van der Waals surface area contributed by atoms with Crippen molar-refractivity contribution in [1.82, 2.24) is 19.7 Å². The third-order valence-corrected chi connectivity index (χ3v) is 5.65. The van der Waals surface area contributed by atoms with Gasteiger partial charge in [0, 0.05) is 37.5 Å². The first-order valence-electron chi connectivity index (χ1n) is 9.92. The van der Waals surface area contributed by atoms with Crippen LogP contribution in [0.15, 0.2) is 42.9 Å². The summed E-state index contributed by atoms with van der Waals surface area (Å²) in [4.78, 5) is 18.9. The fourth-order valence-corrected chi connectivity index (χ4v) is 3.75. The van der Waals surface area contributed by atoms with Crippen molar-refractivity contribution < 1.29 is 22.7 Å². The molecule has 1 aliphatic rings. The zero-order valence-electron chi connectivity index (χ0n) is 17.3. The molecule has 33 heavy (non-hydrogen) atoms. The van der Waals surface area contributed by atoms with E-state index in [1.807, 2.05) is 12.1 Å². The largest absolute Gasteiger partial charge is 0.480 e. The second-order valence-corrected chi connectivity index (χ2v) is 7.83. The summed E-state index contributed by atoms with van der Waals surface area (Å²) in [6.45, 7) is 1.29. The number of halogens is 4. The average Bonchev–Trinajstić information content (AvgIpc) is 3.22. The van der Waals surface area contributed by atoms with Crippen LogP contribution in [0.25, 0.3) is 5.69 Å². The minimum absolute atomic E-state index is 0.0332. The van der Waals surface area contributed by atoms with Crippen molar-refractivity contribution in [2.24, 2.45) is 0 Å². The number of fused-ring (bicyclic) bond motifs is 1. The molecule has 0 spiro atoms. The number of alkyl halides is 3. The van der Waals surface area contributed by atoms with Gasteiger partial charge in [0.1, 0.15) is 17.4 Å². The number of amides is 1. The molecule has 3 heterocycles. The molecule has 1 unspecified atom stereocenters. The van der Waals surface area contributed by atoms with Crippen LogP contribution in [0.1, 0.15) is 34.1 Å². The highest BCUT2D eigenvalue weighted by Gasteiger charge is 2.39. The molecular weight excluding hydrogens is 459 g/mol. The van der Waals surface area contributed by atoms with Gasteiger partial charge in [0.05, 0.1) is 28.2 Å². The fraction of sp³-hybridized carbons (Fsp3) is 0.273. The number of hydrogen-bond acceptors (Lipinski definition) is 5. The van der Waals surface area contributed by atoms with Crippen molar-refractivity contribution in [3.63, 3.8) is 0 Å². The van der Waals surface area contributed by atoms with Gasteiger partial charge in [-0.2, -0.15) is 23.5 Å². The van der Waals surface area contributed by atoms with E-state index in [1.54, 1.807) is 29.3 Å². The molecule has 0 bridgehead atoms. The number of ether oxygens (including phenoxy) is 1. The lowest BCUT2D eigenvalue weighted by molar-refractivity contribution is -0.189. The maximum absolute atomic E-state index is 13.4. The summed E-state index contributed by atoms with van der Waals surface area (Å²) in [6.07, 6.45) is -1.28. The van der Waals surface area contributed by atoms with Crippen molar-refractivity contribution in [1.29, 1.82) is 5.26 Å². The van der Waals surface area contributed by atoms with Crippen LogP contribution in [-0.2, 0) is 13.0 Å². The van der Waals surface area contributed by atoms with Crippen molar-refractivity contribution in [3.05, 3.63) is 70.3 Å². The van der Waals surface area contributed by atoms with Crippen LogP contribution in [0.4, 0.5) is 13.2 Å². The van der Waals surface area contributed by atoms with Gasteiger partial charge < -0.3 is 9.64 Å². The summed E-state index contributed by atoms with van der Waals surface area (Å²) < 4.78 is 45.9. The normalized spacial score (nSPS) is 14.4. The first-order valence-corrected chi connectivity index (χ1v) is 10.3. The SMILES string of the molecule is CC(Oc1ccc(C#N)c(Cl)c1C(=O)N1CCc2nn(-c3cccnc3)cc2C1)C(F)(F)F. The van der Waals surface area contributed by atoms with Gasteiger partial charge in [-0.25, -0.2) is 4.68 Å². The highest BCUT2D eigenvalue weighted by Crippen LogP contribution is 2.35. The highest BCUT2D eigenvalue weighted by atomic mass is 35.5. The van der Waals surface area contributed by atoms with E-state index in [4.69, 9.17) is 16.3 Å². The summed E-state index contributed by atoms with van der Waals surface area (Å²) in [5.74, 6) is -0.952. The molecule has 1 atom stereocenters. The van der Waals surface area contributed by atoms with Gasteiger partial charge in [-0.3, -0.25) is 9.78 Å². The number of nitriles is 1. The van der Waals surface area contributed by atoms with Gasteiger partial charge in [-0.1, -0.05) is 11.6 Å². The number of carbonyl (C=O) groups excluding carboxylic acids is 1. The van der Waals surface area contributed by atoms with Gasteiger partial charge in [0.2, 0.25) is 0 Å². The summed E-state index contributed by atoms with van der Waals surface area (Å²) in [6, 6.07) is 7.85. The molecule has 1 amide bonds. The molecule has 7 nitrogen and oxygen atoms in total. The van der Waals surface area contributed by atoms with Crippen molar-refractivity contribution in [2.45, 2.75) is 32.2 Å². The standard InChI is InChI=1S/C22H17ClF3N5O2/c1-13(22(24,25)26)33-18-5-4-14(9-27)20(23)19(18)21(32)30-8-6-17-15(11-30)12-31(29-17)16-3-2-7-28-10-16/h2-5,7,10,12-13H,6,8,11H2,1H3. The van der Waals surface area contributed by atoms with E-state index in [2.05, 4.69) is 10.1 Å². The lowest BCUT2D eigenvalue weighted by atomic mass is 10.0. The summed E-state index contributed by atoms with van der Waals surface area (Å²) in [5, 5.41) is 13.6. The van der Waals surface area contributed by atoms with Gasteiger partial charge in [0.25, 0.3) is 5.91 Å². The van der Waals surface area contributed by atoms with Crippen LogP contribution in [0, 0.1) is 11.3 Å². The zero-order valence-corrected chi connectivity index (χ0v) is 18.1. The van der Waals surface area contributed by atoms with Crippen LogP contribution >= 0.6 is 11.6 Å². The van der Waals surface area contributed by atoms with Crippen LogP contribution in [0.5, 0.6) is 5.75 Å². The maximum Gasteiger partial charge on any atom is 0.425 e. The second-order valence-electron chi connectivity index (χ2n) is 7.45. The molecular formula is C22H17ClF3N5O2. The Morgan fingerprint density at radius 2 is 2.12 bits per heavy atom. The first-order chi connectivity index (χ1) is 15.7. The Bertz CT molecular complexity index is 1240. The molecule has 0 saturated carbocycles. The molecule has 2 aromatic heterocycles. The van der Waals surface area contributed by atoms with Crippen molar-refractivity contribution in [2.75, 3.05) is 6.54 Å². The fourth-order valence-electron chi connectivity index (χ4n) is 3.47. The molecule has 0 radical (unpaired) electrons. The molecule has 3 aromatic rings. The Kier molecular flexibility index (Phi) is 5.99. The van der Waals surface area contributed by atoms with Crippen LogP contribution < -0.4 is 4.74 Å². The van der Waals surface area contributed by atoms with Crippen molar-refractivity contribution in [3.8, 4) is 17.5 Å². The lowest BCUT2D eigenvalue weighted by Crippen LogP contribution is -2.37. The van der Waals surface area contributed by atoms with Crippen LogP contribution in [0.3, 0.4) is 0 Å². The van der Waals surface area contributed by atoms with Gasteiger partial charge in [-0.05, 0) is 31.2 Å². The molecule has 0 saturated heterocycles. The predicted octanol–water partition coefficient (Wildman–Crippen LogP) is 4.32. The number of aromatic nitrogens is 3. The number of hydrogen-bond donors (Lipinski definition) is 0. The van der Waals surface area contributed by atoms with Gasteiger partial charge in [-0.15, -0.1) is 0 Å². The van der Waals surface area contributed by atoms with Gasteiger partial charge >= 0.3 is 6.18 Å². The Hall–Kier alpha value is -3.58. The predicted molar refractivity (Wildman–Crippen MR) is 112 cm³/mol. The summed E-state index contributed by atoms with van der Waals surface area (Å²) >= 11 is 6.26. The molecule has 4 rings (SSSR count). The molecule has 0 fully saturated rings. The minimum Gasteiger partial charge on any atom is -0.480 e. The van der Waals surface area contributed by atoms with E-state index >= 15 is 0 Å². The first kappa shape index (κ1) is 22.6. The Labute approximate surface area is 192 Å². The van der Waals surface area contributed by atoms with E-state index in [9.17, 15) is 23.2 Å². The molecule has 1 aromatic carbocycles. The third-order valence-electron chi connectivity index (χ3n) is 5.26. The number of benzene rings is 1. The highest BCUT2D eigenvalue weighted by molar-refractivity contribution is 6.35. The quantitative estimate of drug-likeness (QED) is 0.561. The Morgan fingerprint density at radius 1 is 1.33 bits per heavy atom. The average molecular weight is 476 g/mol. The Balaban J connectivity index is 1.65. The Morgan fingerprint density at radius 3 is 2.79 bits per heavy atom. The number of carbonyl (C=O) groups is 1. The van der Waals surface area contributed by atoms with E-state index < -0.39 is 18.2 Å². The van der Waals surface area contributed by atoms with Crippen LogP contribution in [-0.4, -0.2) is 44.4 Å². The van der Waals surface area contributed by atoms with Gasteiger partial charge in [0.15, 0.2) is 6.10 Å². The molecule has 0 N–H and O–H groups in total. The summed E-state index contributed by atoms with van der Waals surface area (Å²) in [5.41, 5.74) is 2.05. The van der Waals surface area contributed by atoms with Crippen LogP contribution in [0.2, 0.25) is 5.02 Å². The third kappa shape index (κ3) is 4.50. The molecule has 11 heteroatoms. The molecule has 0 aliphatic carbocycles. The monoisotopic (exact) mass is 475 g/mol. The molecule has 1 aliphatic heterocycles. The number of rotatable bonds is 4. The number of pyridine rings is 1. The smallest absolute Gasteiger partial charge is 0.425 e. The van der Waals surface area contributed by atoms with E-state index in [0.717, 1.165) is 29.9 Å². The van der Waals surface area contributed by atoms with Crippen molar-refractivity contribution >= 4 is 17.5 Å². The molecule has 170 valence electrons. The summed E-state index contributed by atoms with van der Waals surface area (Å²) in [7, 11) is 0. The number of nitrogens with zero attached hydrogens (tertiary/aromatic N) is 5. The topological polar surface area (TPSA) is 84.0 Å². The zero-order chi connectivity index (χ0) is 23.8. The van der Waals surface area contributed by atoms with E-state index in [1.165, 1.54) is 11.0 Å². The minimum atomic E-state index is -4.64. The maximum atomic E-state index is 13.4. The second kappa shape index (κ2) is 8.75. The lowest BCUT2D eigenvalue weighted by Gasteiger charge is -2.28. The van der Waals surface area contributed by atoms with E-state index in [0.29, 0.717) is 6.42 Å². The van der Waals surface area contributed by atoms with E-state index in [-0.39, 0.29) is 35.0 Å².